The van der Waals surface area contributed by atoms with Crippen LogP contribution in [-0.2, 0) is 6.54 Å². The number of piperazine rings is 1. The minimum absolute atomic E-state index is 0.0308. The summed E-state index contributed by atoms with van der Waals surface area (Å²) in [4.78, 5) is 19.4. The van der Waals surface area contributed by atoms with Crippen LogP contribution in [0.25, 0.3) is 0 Å². The lowest BCUT2D eigenvalue weighted by molar-refractivity contribution is 0.0625. The van der Waals surface area contributed by atoms with E-state index in [2.05, 4.69) is 11.0 Å². The van der Waals surface area contributed by atoms with Crippen molar-refractivity contribution in [3.05, 3.63) is 83.4 Å². The van der Waals surface area contributed by atoms with E-state index in [4.69, 9.17) is 9.47 Å². The Morgan fingerprint density at radius 1 is 0.912 bits per heavy atom. The average molecular weight is 474 g/mol. The molecular weight excluding hydrogens is 446 g/mol. The molecule has 0 spiro atoms. The predicted molar refractivity (Wildman–Crippen MR) is 132 cm³/mol. The molecule has 1 aliphatic heterocycles. The van der Waals surface area contributed by atoms with Crippen LogP contribution < -0.4 is 9.47 Å². The van der Waals surface area contributed by atoms with Crippen molar-refractivity contribution in [2.24, 2.45) is 0 Å². The summed E-state index contributed by atoms with van der Waals surface area (Å²) < 4.78 is 10.7. The van der Waals surface area contributed by atoms with Crippen molar-refractivity contribution in [2.45, 2.75) is 16.3 Å². The van der Waals surface area contributed by atoms with Crippen molar-refractivity contribution >= 4 is 17.7 Å². The molecule has 1 fully saturated rings. The lowest BCUT2D eigenvalue weighted by Gasteiger charge is -2.35. The van der Waals surface area contributed by atoms with Crippen molar-refractivity contribution in [2.75, 3.05) is 40.4 Å². The summed E-state index contributed by atoms with van der Waals surface area (Å²) in [5, 5.41) is 9.41. The van der Waals surface area contributed by atoms with E-state index in [0.717, 1.165) is 46.5 Å². The lowest BCUT2D eigenvalue weighted by Crippen LogP contribution is -2.48. The fourth-order valence-corrected chi connectivity index (χ4v) is 5.03. The maximum absolute atomic E-state index is 13.4. The highest BCUT2D eigenvalue weighted by atomic mass is 32.2. The van der Waals surface area contributed by atoms with Crippen LogP contribution in [0, 0.1) is 11.3 Å². The van der Waals surface area contributed by atoms with Gasteiger partial charge in [0.25, 0.3) is 5.91 Å². The zero-order chi connectivity index (χ0) is 23.9. The maximum atomic E-state index is 13.4. The molecule has 0 unspecified atom stereocenters. The fourth-order valence-electron chi connectivity index (χ4n) is 4.02. The molecule has 174 valence electrons. The van der Waals surface area contributed by atoms with Gasteiger partial charge in [-0.25, -0.2) is 0 Å². The first kappa shape index (κ1) is 23.7. The molecule has 1 aliphatic rings. The molecule has 6 nitrogen and oxygen atoms in total. The van der Waals surface area contributed by atoms with Gasteiger partial charge in [0.05, 0.1) is 25.3 Å². The molecule has 34 heavy (non-hydrogen) atoms. The average Bonchev–Trinajstić information content (AvgIpc) is 2.89. The standard InChI is InChI=1S/C27H27N3O3S/c1-32-23-12-11-20(17-24(23)33-2)19-29-13-15-30(16-14-29)27(31)22-8-4-6-10-26(22)34-25-9-5-3-7-21(25)18-28/h3-12,17H,13-16,19H2,1-2H3. The number of hydrogen-bond donors (Lipinski definition) is 0. The molecular formula is C27H27N3O3S. The number of nitriles is 1. The van der Waals surface area contributed by atoms with Gasteiger partial charge in [-0.15, -0.1) is 0 Å². The number of amides is 1. The normalized spacial score (nSPS) is 13.9. The van der Waals surface area contributed by atoms with Crippen LogP contribution in [0.4, 0.5) is 0 Å². The van der Waals surface area contributed by atoms with Gasteiger partial charge in [0.2, 0.25) is 0 Å². The lowest BCUT2D eigenvalue weighted by atomic mass is 10.1. The van der Waals surface area contributed by atoms with Crippen LogP contribution in [0.15, 0.2) is 76.5 Å². The second-order valence-electron chi connectivity index (χ2n) is 7.96. The molecule has 3 aromatic rings. The quantitative estimate of drug-likeness (QED) is 0.496. The zero-order valence-corrected chi connectivity index (χ0v) is 20.2. The molecule has 1 saturated heterocycles. The van der Waals surface area contributed by atoms with E-state index < -0.39 is 0 Å². The van der Waals surface area contributed by atoms with E-state index in [-0.39, 0.29) is 5.91 Å². The van der Waals surface area contributed by atoms with Gasteiger partial charge < -0.3 is 14.4 Å². The molecule has 1 amide bonds. The molecule has 1 heterocycles. The van der Waals surface area contributed by atoms with Crippen LogP contribution in [0.1, 0.15) is 21.5 Å². The molecule has 4 rings (SSSR count). The summed E-state index contributed by atoms with van der Waals surface area (Å²) in [6.45, 7) is 3.72. The summed E-state index contributed by atoms with van der Waals surface area (Å²) in [5.74, 6) is 1.47. The minimum atomic E-state index is 0.0308. The Labute approximate surface area is 204 Å². The second-order valence-corrected chi connectivity index (χ2v) is 9.05. The van der Waals surface area contributed by atoms with Crippen molar-refractivity contribution in [3.8, 4) is 17.6 Å². The Balaban J connectivity index is 1.41. The van der Waals surface area contributed by atoms with Crippen LogP contribution in [0.2, 0.25) is 0 Å². The van der Waals surface area contributed by atoms with Gasteiger partial charge in [-0.05, 0) is 42.0 Å². The molecule has 0 saturated carbocycles. The number of rotatable bonds is 7. The van der Waals surface area contributed by atoms with E-state index in [1.165, 1.54) is 11.8 Å². The Hall–Kier alpha value is -3.47. The SMILES string of the molecule is COc1ccc(CN2CCN(C(=O)c3ccccc3Sc3ccccc3C#N)CC2)cc1OC. The molecule has 3 aromatic carbocycles. The highest BCUT2D eigenvalue weighted by Gasteiger charge is 2.24. The van der Waals surface area contributed by atoms with E-state index in [9.17, 15) is 10.1 Å². The van der Waals surface area contributed by atoms with E-state index in [1.54, 1.807) is 20.3 Å². The highest BCUT2D eigenvalue weighted by molar-refractivity contribution is 7.99. The first-order valence-electron chi connectivity index (χ1n) is 11.1. The van der Waals surface area contributed by atoms with Crippen LogP contribution in [-0.4, -0.2) is 56.1 Å². The molecule has 0 atom stereocenters. The topological polar surface area (TPSA) is 65.8 Å². The maximum Gasteiger partial charge on any atom is 0.255 e. The van der Waals surface area contributed by atoms with E-state index >= 15 is 0 Å². The highest BCUT2D eigenvalue weighted by Crippen LogP contribution is 2.33. The van der Waals surface area contributed by atoms with Crippen molar-refractivity contribution < 1.29 is 14.3 Å². The molecule has 0 aromatic heterocycles. The molecule has 0 N–H and O–H groups in total. The van der Waals surface area contributed by atoms with Crippen LogP contribution >= 0.6 is 11.8 Å². The summed E-state index contributed by atoms with van der Waals surface area (Å²) >= 11 is 1.46. The molecule has 7 heteroatoms. The van der Waals surface area contributed by atoms with E-state index in [1.807, 2.05) is 65.6 Å². The first-order valence-corrected chi connectivity index (χ1v) is 11.9. The van der Waals surface area contributed by atoms with Crippen molar-refractivity contribution in [1.82, 2.24) is 9.80 Å². The fraction of sp³-hybridized carbons (Fsp3) is 0.259. The van der Waals surface area contributed by atoms with Gasteiger partial charge >= 0.3 is 0 Å². The third kappa shape index (κ3) is 5.36. The van der Waals surface area contributed by atoms with Crippen LogP contribution in [0.5, 0.6) is 11.5 Å². The third-order valence-electron chi connectivity index (χ3n) is 5.86. The molecule has 0 radical (unpaired) electrons. The summed E-state index contributed by atoms with van der Waals surface area (Å²) in [5.41, 5.74) is 2.43. The van der Waals surface area contributed by atoms with Gasteiger partial charge in [-0.1, -0.05) is 42.1 Å². The van der Waals surface area contributed by atoms with Gasteiger partial charge in [0.1, 0.15) is 6.07 Å². The third-order valence-corrected chi connectivity index (χ3v) is 7.01. The number of carbonyl (C=O) groups excluding carboxylic acids is 1. The van der Waals surface area contributed by atoms with Gasteiger partial charge in [-0.2, -0.15) is 5.26 Å². The number of hydrogen-bond acceptors (Lipinski definition) is 6. The molecule has 0 aliphatic carbocycles. The number of ether oxygens (including phenoxy) is 2. The van der Waals surface area contributed by atoms with Gasteiger partial charge in [-0.3, -0.25) is 9.69 Å². The monoisotopic (exact) mass is 473 g/mol. The van der Waals surface area contributed by atoms with Gasteiger partial charge in [0.15, 0.2) is 11.5 Å². The van der Waals surface area contributed by atoms with Crippen LogP contribution in [0.3, 0.4) is 0 Å². The number of benzene rings is 3. The molecule has 0 bridgehead atoms. The number of nitrogens with zero attached hydrogens (tertiary/aromatic N) is 3. The Morgan fingerprint density at radius 2 is 1.59 bits per heavy atom. The first-order chi connectivity index (χ1) is 16.6. The largest absolute Gasteiger partial charge is 0.493 e. The summed E-state index contributed by atoms with van der Waals surface area (Å²) in [7, 11) is 3.27. The van der Waals surface area contributed by atoms with Crippen molar-refractivity contribution in [3.63, 3.8) is 0 Å². The van der Waals surface area contributed by atoms with Gasteiger partial charge in [0, 0.05) is 42.5 Å². The number of methoxy groups -OCH3 is 2. The summed E-state index contributed by atoms with van der Waals surface area (Å²) in [6.07, 6.45) is 0. The van der Waals surface area contributed by atoms with Crippen molar-refractivity contribution in [1.29, 1.82) is 5.26 Å². The minimum Gasteiger partial charge on any atom is -0.493 e. The second kappa shape index (κ2) is 11.1. The predicted octanol–water partition coefficient (Wildman–Crippen LogP) is 4.68. The smallest absolute Gasteiger partial charge is 0.255 e. The van der Waals surface area contributed by atoms with E-state index in [0.29, 0.717) is 24.2 Å². The summed E-state index contributed by atoms with van der Waals surface area (Å²) in [6, 6.07) is 23.3. The Kier molecular flexibility index (Phi) is 7.73. The Bertz CT molecular complexity index is 1200. The Morgan fingerprint density at radius 3 is 2.29 bits per heavy atom. The number of carbonyl (C=O) groups is 1. The zero-order valence-electron chi connectivity index (χ0n) is 19.4.